The maximum Gasteiger partial charge on any atom is 0.169 e. The van der Waals surface area contributed by atoms with Gasteiger partial charge in [-0.15, -0.1) is 0 Å². The van der Waals surface area contributed by atoms with E-state index in [1.54, 1.807) is 12.1 Å². The van der Waals surface area contributed by atoms with E-state index in [1.807, 2.05) is 0 Å². The summed E-state index contributed by atoms with van der Waals surface area (Å²) in [5.41, 5.74) is 5.12. The predicted octanol–water partition coefficient (Wildman–Crippen LogP) is 1.11. The Morgan fingerprint density at radius 2 is 2.36 bits per heavy atom. The molecule has 11 heavy (non-hydrogen) atoms. The molecule has 0 atom stereocenters. The van der Waals surface area contributed by atoms with E-state index in [-0.39, 0.29) is 18.7 Å². The average molecular weight is 218 g/mol. The first-order valence-electron chi connectivity index (χ1n) is 3.18. The second kappa shape index (κ2) is 3.69. The second-order valence-electron chi connectivity index (χ2n) is 2.13. The largest absolute Gasteiger partial charge is 0.454 e. The lowest BCUT2D eigenvalue weighted by Gasteiger charge is -1.91. The van der Waals surface area contributed by atoms with Crippen LogP contribution in [0.3, 0.4) is 0 Å². The van der Waals surface area contributed by atoms with Crippen molar-refractivity contribution in [2.24, 2.45) is 5.73 Å². The highest BCUT2D eigenvalue weighted by Gasteiger charge is 2.04. The molecule has 0 fully saturated rings. The molecule has 4 heteroatoms. The van der Waals surface area contributed by atoms with E-state index >= 15 is 0 Å². The van der Waals surface area contributed by atoms with Crippen molar-refractivity contribution < 1.29 is 9.21 Å². The molecule has 0 aliphatic rings. The van der Waals surface area contributed by atoms with Gasteiger partial charge in [0.25, 0.3) is 0 Å². The van der Waals surface area contributed by atoms with Gasteiger partial charge in [-0.2, -0.15) is 0 Å². The molecule has 1 heterocycles. The molecular formula is C7H8BrNO2. The molecule has 0 amide bonds. The molecule has 1 aromatic heterocycles. The Morgan fingerprint density at radius 3 is 2.82 bits per heavy atom. The monoisotopic (exact) mass is 217 g/mol. The molecule has 60 valence electrons. The van der Waals surface area contributed by atoms with Crippen LogP contribution in [0.1, 0.15) is 5.76 Å². The fourth-order valence-electron chi connectivity index (χ4n) is 0.713. The van der Waals surface area contributed by atoms with Crippen molar-refractivity contribution >= 4 is 21.7 Å². The molecule has 0 aromatic carbocycles. The third-order valence-corrected chi connectivity index (χ3v) is 1.65. The summed E-state index contributed by atoms with van der Waals surface area (Å²) in [5.74, 6) is 0.624. The predicted molar refractivity (Wildman–Crippen MR) is 44.2 cm³/mol. The van der Waals surface area contributed by atoms with E-state index in [0.717, 1.165) is 0 Å². The zero-order valence-corrected chi connectivity index (χ0v) is 7.43. The maximum absolute atomic E-state index is 10.8. The molecule has 0 aliphatic heterocycles. The van der Waals surface area contributed by atoms with Gasteiger partial charge in [-0.05, 0) is 28.1 Å². The fourth-order valence-corrected chi connectivity index (χ4v) is 1.05. The highest BCUT2D eigenvalue weighted by atomic mass is 79.9. The summed E-state index contributed by atoms with van der Waals surface area (Å²) in [4.78, 5) is 10.8. The molecule has 3 nitrogen and oxygen atoms in total. The minimum atomic E-state index is -0.0214. The standard InChI is InChI=1S/C7H8BrNO2/c8-7-2-1-6(11-7)3-5(10)4-9/h1-2H,3-4,9H2. The van der Waals surface area contributed by atoms with Gasteiger partial charge in [0.2, 0.25) is 0 Å². The van der Waals surface area contributed by atoms with Crippen molar-refractivity contribution in [1.82, 2.24) is 0 Å². The summed E-state index contributed by atoms with van der Waals surface area (Å²) < 4.78 is 5.73. The van der Waals surface area contributed by atoms with Gasteiger partial charge in [-0.1, -0.05) is 0 Å². The summed E-state index contributed by atoms with van der Waals surface area (Å²) in [6.45, 7) is 0.0678. The van der Waals surface area contributed by atoms with E-state index in [9.17, 15) is 4.79 Å². The van der Waals surface area contributed by atoms with Crippen LogP contribution >= 0.6 is 15.9 Å². The van der Waals surface area contributed by atoms with Crippen LogP contribution < -0.4 is 5.73 Å². The van der Waals surface area contributed by atoms with Gasteiger partial charge in [0.05, 0.1) is 13.0 Å². The van der Waals surface area contributed by atoms with E-state index in [1.165, 1.54) is 0 Å². The summed E-state index contributed by atoms with van der Waals surface area (Å²) >= 11 is 3.13. The minimum absolute atomic E-state index is 0.0214. The van der Waals surface area contributed by atoms with Gasteiger partial charge in [-0.3, -0.25) is 4.79 Å². The third kappa shape index (κ3) is 2.48. The molecule has 0 radical (unpaired) electrons. The number of halogens is 1. The number of nitrogens with two attached hydrogens (primary N) is 1. The Morgan fingerprint density at radius 1 is 1.64 bits per heavy atom. The van der Waals surface area contributed by atoms with E-state index in [4.69, 9.17) is 10.2 Å². The van der Waals surface area contributed by atoms with Crippen molar-refractivity contribution in [3.05, 3.63) is 22.6 Å². The van der Waals surface area contributed by atoms with E-state index in [0.29, 0.717) is 10.4 Å². The quantitative estimate of drug-likeness (QED) is 0.826. The minimum Gasteiger partial charge on any atom is -0.454 e. The Kier molecular flexibility index (Phi) is 2.84. The Hall–Kier alpha value is -0.610. The van der Waals surface area contributed by atoms with Crippen LogP contribution in [-0.4, -0.2) is 12.3 Å². The number of furan rings is 1. The molecule has 1 rings (SSSR count). The lowest BCUT2D eigenvalue weighted by molar-refractivity contribution is -0.117. The first-order chi connectivity index (χ1) is 5.22. The van der Waals surface area contributed by atoms with E-state index in [2.05, 4.69) is 15.9 Å². The number of carbonyl (C=O) groups excluding carboxylic acids is 1. The zero-order valence-electron chi connectivity index (χ0n) is 5.84. The van der Waals surface area contributed by atoms with Crippen LogP contribution in [0.4, 0.5) is 0 Å². The number of hydrogen-bond donors (Lipinski definition) is 1. The fraction of sp³-hybridized carbons (Fsp3) is 0.286. The summed E-state index contributed by atoms with van der Waals surface area (Å²) in [6.07, 6.45) is 0.280. The van der Waals surface area contributed by atoms with Crippen LogP contribution in [0.2, 0.25) is 0 Å². The van der Waals surface area contributed by atoms with Crippen LogP contribution in [0.25, 0.3) is 0 Å². The van der Waals surface area contributed by atoms with Crippen molar-refractivity contribution in [3.63, 3.8) is 0 Å². The lowest BCUT2D eigenvalue weighted by Crippen LogP contribution is -2.15. The van der Waals surface area contributed by atoms with Gasteiger partial charge < -0.3 is 10.2 Å². The van der Waals surface area contributed by atoms with Gasteiger partial charge >= 0.3 is 0 Å². The molecular weight excluding hydrogens is 210 g/mol. The van der Waals surface area contributed by atoms with Crippen LogP contribution in [0.15, 0.2) is 21.2 Å². The number of Topliss-reactive ketones (excluding diaryl/α,β-unsaturated/α-hetero) is 1. The third-order valence-electron chi connectivity index (χ3n) is 1.23. The first kappa shape index (κ1) is 8.49. The molecule has 1 aromatic rings. The molecule has 2 N–H and O–H groups in total. The molecule has 0 spiro atoms. The van der Waals surface area contributed by atoms with Crippen molar-refractivity contribution in [2.75, 3.05) is 6.54 Å². The average Bonchev–Trinajstić information content (AvgIpc) is 2.35. The Bertz CT molecular complexity index is 257. The molecule has 0 aliphatic carbocycles. The lowest BCUT2D eigenvalue weighted by atomic mass is 10.2. The van der Waals surface area contributed by atoms with Crippen LogP contribution in [0, 0.1) is 0 Å². The highest BCUT2D eigenvalue weighted by Crippen LogP contribution is 2.14. The van der Waals surface area contributed by atoms with Gasteiger partial charge in [0, 0.05) is 0 Å². The number of hydrogen-bond acceptors (Lipinski definition) is 3. The SMILES string of the molecule is NCC(=O)Cc1ccc(Br)o1. The first-order valence-corrected chi connectivity index (χ1v) is 3.97. The molecule has 0 bridgehead atoms. The number of ketones is 1. The van der Waals surface area contributed by atoms with Crippen molar-refractivity contribution in [2.45, 2.75) is 6.42 Å². The second-order valence-corrected chi connectivity index (χ2v) is 2.91. The van der Waals surface area contributed by atoms with Gasteiger partial charge in [0.15, 0.2) is 10.5 Å². The van der Waals surface area contributed by atoms with Crippen molar-refractivity contribution in [3.8, 4) is 0 Å². The smallest absolute Gasteiger partial charge is 0.169 e. The normalized spacial score (nSPS) is 10.0. The summed E-state index contributed by atoms with van der Waals surface area (Å²) in [5, 5.41) is 0. The summed E-state index contributed by atoms with van der Waals surface area (Å²) in [6, 6.07) is 3.50. The van der Waals surface area contributed by atoms with Gasteiger partial charge in [-0.25, -0.2) is 0 Å². The Balaban J connectivity index is 2.57. The zero-order chi connectivity index (χ0) is 8.27. The molecule has 0 saturated heterocycles. The summed E-state index contributed by atoms with van der Waals surface area (Å²) in [7, 11) is 0. The topological polar surface area (TPSA) is 56.2 Å². The van der Waals surface area contributed by atoms with E-state index < -0.39 is 0 Å². The van der Waals surface area contributed by atoms with Crippen molar-refractivity contribution in [1.29, 1.82) is 0 Å². The van der Waals surface area contributed by atoms with Crippen LogP contribution in [-0.2, 0) is 11.2 Å². The Labute approximate surface area is 72.7 Å². The highest BCUT2D eigenvalue weighted by molar-refractivity contribution is 9.10. The molecule has 0 unspecified atom stereocenters. The van der Waals surface area contributed by atoms with Gasteiger partial charge in [0.1, 0.15) is 5.76 Å². The maximum atomic E-state index is 10.8. The molecule has 0 saturated carbocycles. The number of rotatable bonds is 3. The van der Waals surface area contributed by atoms with Crippen LogP contribution in [0.5, 0.6) is 0 Å². The number of carbonyl (C=O) groups is 1.